The van der Waals surface area contributed by atoms with Crippen molar-refractivity contribution in [1.29, 1.82) is 0 Å². The quantitative estimate of drug-likeness (QED) is 0.163. The van der Waals surface area contributed by atoms with Crippen LogP contribution < -0.4 is 0 Å². The van der Waals surface area contributed by atoms with Crippen molar-refractivity contribution in [2.45, 2.75) is 79.6 Å². The van der Waals surface area contributed by atoms with Crippen molar-refractivity contribution in [3.05, 3.63) is 315 Å². The fraction of sp³-hybridized carbons (Fsp3) is 0.206. The second-order valence-corrected chi connectivity index (χ2v) is 30.1. The van der Waals surface area contributed by atoms with Crippen molar-refractivity contribution < 1.29 is 0 Å². The molecule has 11 heteroatoms. The fourth-order valence-corrected chi connectivity index (χ4v) is 16.6. The van der Waals surface area contributed by atoms with Crippen molar-refractivity contribution >= 4 is 112 Å². The normalized spacial score (nSPS) is 14.6. The molecule has 108 heavy (non-hydrogen) atoms. The maximum Gasteiger partial charge on any atom is 0.0702 e. The highest BCUT2D eigenvalue weighted by molar-refractivity contribution is 5.96. The molecule has 16 aromatic rings. The Bertz CT molecular complexity index is 6360. The molecule has 0 aliphatic carbocycles. The van der Waals surface area contributed by atoms with Crippen LogP contribution in [-0.2, 0) is 51.9 Å². The molecule has 0 unspecified atom stereocenters. The molecule has 0 bridgehead atoms. The van der Waals surface area contributed by atoms with Crippen LogP contribution in [-0.4, -0.2) is 107 Å². The first kappa shape index (κ1) is 69.1. The van der Waals surface area contributed by atoms with E-state index in [-0.39, 0.29) is 0 Å². The van der Waals surface area contributed by atoms with Gasteiger partial charge in [-0.15, -0.1) is 0 Å². The number of aryl methyl sites for hydroxylation is 4. The van der Waals surface area contributed by atoms with E-state index in [4.69, 9.17) is 0 Å². The molecule has 0 atom stereocenters. The van der Waals surface area contributed by atoms with E-state index in [2.05, 4.69) is 327 Å². The molecule has 7 aromatic heterocycles. The number of hydrogen-bond donors (Lipinski definition) is 0. The third-order valence-electron chi connectivity index (χ3n) is 22.2. The molecule has 0 amide bonds. The van der Waals surface area contributed by atoms with Gasteiger partial charge in [0.15, 0.2) is 0 Å². The Kier molecular flexibility index (Phi) is 19.1. The average Bonchev–Trinajstić information content (AvgIpc) is 1.62. The molecule has 9 aromatic carbocycles. The summed E-state index contributed by atoms with van der Waals surface area (Å²) < 4.78 is 9.22. The van der Waals surface area contributed by atoms with Gasteiger partial charge in [0, 0.05) is 204 Å². The van der Waals surface area contributed by atoms with E-state index in [0.717, 1.165) is 122 Å². The molecule has 532 valence electrons. The number of likely N-dealkylation sites (N-methyl/N-ethyl adjacent to an activating group) is 4. The summed E-state index contributed by atoms with van der Waals surface area (Å²) in [7, 11) is 8.80. The Morgan fingerprint density at radius 3 is 1.37 bits per heavy atom. The molecule has 0 spiro atoms. The maximum atomic E-state index is 4.59. The number of pyridine rings is 3. The van der Waals surface area contributed by atoms with Crippen LogP contribution in [0.15, 0.2) is 225 Å². The Morgan fingerprint density at radius 2 is 0.796 bits per heavy atom. The second-order valence-electron chi connectivity index (χ2n) is 30.1. The number of nitrogens with zero attached hydrogens (tertiary/aromatic N) is 11. The number of benzene rings is 9. The molecule has 0 N–H and O–H groups in total. The molecule has 11 nitrogen and oxygen atoms in total. The number of fused-ring (bicyclic) bond motifs is 16. The number of para-hydroxylation sites is 2. The van der Waals surface area contributed by atoms with Crippen molar-refractivity contribution in [1.82, 2.24) is 52.8 Å². The summed E-state index contributed by atoms with van der Waals surface area (Å²) in [5.74, 6) is 6.77. The van der Waals surface area contributed by atoms with Crippen LogP contribution in [0, 0.1) is 51.6 Å². The fourth-order valence-electron chi connectivity index (χ4n) is 16.6. The lowest BCUT2D eigenvalue weighted by atomic mass is 10.0. The minimum Gasteiger partial charge on any atom is -0.320 e. The highest BCUT2D eigenvalue weighted by Gasteiger charge is 2.26. The van der Waals surface area contributed by atoms with Crippen molar-refractivity contribution in [3.63, 3.8) is 0 Å². The summed E-state index contributed by atoms with van der Waals surface area (Å²) in [6, 6.07) is 78.0. The lowest BCUT2D eigenvalue weighted by Gasteiger charge is -2.23. The molecule has 0 saturated heterocycles. The predicted molar refractivity (Wildman–Crippen MR) is 451 cm³/mol. The minimum atomic E-state index is 0.948. The molecule has 0 fully saturated rings. The maximum absolute atomic E-state index is 4.59. The Balaban J connectivity index is 0.000000105. The standard InChI is InChI=1S/C25H24N2.C24H21N3.C24H23N3.C24H21N3/c1-18-10-11-24-22(16-18)23-17-26(2)14-13-25(23)27(24)15-12-20-8-5-7-19-6-3-4-9-21(19)20;1-17-6-7-23-21(14-17)22-16-26(2)12-10-24(22)27(23)13-9-18-4-3-5-19-15-25-11-8-20(18)19;2*1-17-7-8-23-20(13-17)21-16-26(2)11-10-24(21)27(23)12-9-18-14-19-5-3-4-6-22(19)25-15-18/h3-12,15-16H,13-14,17H2,1-2H3;3-8,11,14-15H,10,12,16H2,1-2H3;3-9,12-15H,10-11,16H2,1-2H3;3-8,13-15H,10-11,16H2,1-2H3/b15-12+;;12-9+;. The molecule has 4 aliphatic rings. The van der Waals surface area contributed by atoms with Crippen LogP contribution in [0.5, 0.6) is 0 Å². The SMILES string of the molecule is Cc1ccc2c(c1)c1c(n2/C=C/c2cccc3ccccc23)CCN(C)C1.Cc1ccc2c(c1)c1c(n2/C=C/c2cnc3ccccc3c2)CCN(C)C1.Cc1ccc2c(c1)c1c(n2C#Cc2cccc3cnccc23)CCN(C)C1.Cc1ccc2c(c1)c1c(n2C#Cc2cnc3ccccc3c2)CCN(C)C1. The van der Waals surface area contributed by atoms with E-state index in [9.17, 15) is 0 Å². The van der Waals surface area contributed by atoms with Crippen LogP contribution in [0.2, 0.25) is 0 Å². The monoisotopic (exact) mass is 1410 g/mol. The van der Waals surface area contributed by atoms with Crippen LogP contribution in [0.3, 0.4) is 0 Å². The zero-order valence-electron chi connectivity index (χ0n) is 63.1. The summed E-state index contributed by atoms with van der Waals surface area (Å²) in [6.45, 7) is 17.1. The zero-order valence-corrected chi connectivity index (χ0v) is 63.1. The summed E-state index contributed by atoms with van der Waals surface area (Å²) >= 11 is 0. The molecular weight excluding hydrogens is 1320 g/mol. The van der Waals surface area contributed by atoms with Crippen LogP contribution in [0.25, 0.3) is 112 Å². The number of hydrogen-bond acceptors (Lipinski definition) is 7. The third kappa shape index (κ3) is 13.9. The van der Waals surface area contributed by atoms with Crippen LogP contribution in [0.4, 0.5) is 0 Å². The first-order chi connectivity index (χ1) is 52.8. The van der Waals surface area contributed by atoms with Gasteiger partial charge < -0.3 is 28.7 Å². The topological polar surface area (TPSA) is 71.4 Å². The molecule has 4 aliphatic heterocycles. The predicted octanol–water partition coefficient (Wildman–Crippen LogP) is 19.5. The van der Waals surface area contributed by atoms with E-state index < -0.39 is 0 Å². The molecule has 0 radical (unpaired) electrons. The molecule has 11 heterocycles. The van der Waals surface area contributed by atoms with Crippen molar-refractivity contribution in [2.24, 2.45) is 0 Å². The summed E-state index contributed by atoms with van der Waals surface area (Å²) in [4.78, 5) is 22.9. The van der Waals surface area contributed by atoms with E-state index in [1.165, 1.54) is 133 Å². The van der Waals surface area contributed by atoms with Gasteiger partial charge in [-0.05, 0) is 209 Å². The van der Waals surface area contributed by atoms with Gasteiger partial charge in [0.25, 0.3) is 0 Å². The highest BCUT2D eigenvalue weighted by Crippen LogP contribution is 2.37. The van der Waals surface area contributed by atoms with E-state index in [0.29, 0.717) is 0 Å². The van der Waals surface area contributed by atoms with Gasteiger partial charge in [-0.3, -0.25) is 24.1 Å². The first-order valence-electron chi connectivity index (χ1n) is 37.9. The summed E-state index contributed by atoms with van der Waals surface area (Å²) in [5.41, 5.74) is 28.2. The van der Waals surface area contributed by atoms with Crippen molar-refractivity contribution in [2.75, 3.05) is 54.4 Å². The van der Waals surface area contributed by atoms with Gasteiger partial charge in [-0.25, -0.2) is 0 Å². The first-order valence-corrected chi connectivity index (χ1v) is 37.9. The largest absolute Gasteiger partial charge is 0.320 e. The minimum absolute atomic E-state index is 0.948. The molecule has 0 saturated carbocycles. The number of aromatic nitrogens is 7. The second kappa shape index (κ2) is 29.8. The lowest BCUT2D eigenvalue weighted by Crippen LogP contribution is -2.27. The third-order valence-corrected chi connectivity index (χ3v) is 22.2. The molecular formula is C97H89N11. The van der Waals surface area contributed by atoms with E-state index >= 15 is 0 Å². The Hall–Kier alpha value is -11.9. The average molecular weight is 1410 g/mol. The van der Waals surface area contributed by atoms with Crippen molar-refractivity contribution in [3.8, 4) is 23.9 Å². The van der Waals surface area contributed by atoms with Gasteiger partial charge in [0.05, 0.1) is 33.1 Å². The number of rotatable bonds is 4. The summed E-state index contributed by atoms with van der Waals surface area (Å²) in [5, 5.41) is 12.6. The van der Waals surface area contributed by atoms with E-state index in [1.54, 1.807) is 0 Å². The Labute approximate surface area is 632 Å². The smallest absolute Gasteiger partial charge is 0.0702 e. The van der Waals surface area contributed by atoms with Gasteiger partial charge in [-0.1, -0.05) is 138 Å². The van der Waals surface area contributed by atoms with Crippen LogP contribution in [0.1, 0.15) is 89.5 Å². The zero-order chi connectivity index (χ0) is 73.5. The van der Waals surface area contributed by atoms with Gasteiger partial charge in [-0.2, -0.15) is 0 Å². The van der Waals surface area contributed by atoms with E-state index in [1.807, 2.05) is 55.1 Å². The highest BCUT2D eigenvalue weighted by atomic mass is 15.1. The molecule has 20 rings (SSSR count). The lowest BCUT2D eigenvalue weighted by molar-refractivity contribution is 0.311. The Morgan fingerprint density at radius 1 is 0.352 bits per heavy atom. The summed E-state index contributed by atoms with van der Waals surface area (Å²) in [6.07, 6.45) is 20.7. The van der Waals surface area contributed by atoms with Crippen LogP contribution >= 0.6 is 0 Å². The van der Waals surface area contributed by atoms with Gasteiger partial charge >= 0.3 is 0 Å². The van der Waals surface area contributed by atoms with Gasteiger partial charge in [0.1, 0.15) is 0 Å². The van der Waals surface area contributed by atoms with Gasteiger partial charge in [0.2, 0.25) is 0 Å².